The Morgan fingerprint density at radius 1 is 0.882 bits per heavy atom. The number of nitrogens with zero attached hydrogens (tertiary/aromatic N) is 1. The van der Waals surface area contributed by atoms with E-state index in [0.717, 1.165) is 31.2 Å². The maximum Gasteiger partial charge on any atom is 0.254 e. The van der Waals surface area contributed by atoms with Crippen molar-refractivity contribution >= 4 is 17.7 Å². The number of benzene rings is 2. The monoisotopic (exact) mass is 465 g/mol. The lowest BCUT2D eigenvalue weighted by molar-refractivity contribution is -0.129. The molecule has 1 fully saturated rings. The number of amides is 3. The fraction of sp³-hybridized carbons (Fsp3) is 0.444. The van der Waals surface area contributed by atoms with E-state index in [1.807, 2.05) is 48.5 Å². The first-order valence-corrected chi connectivity index (χ1v) is 12.2. The molecule has 1 saturated carbocycles. The maximum absolute atomic E-state index is 13.6. The van der Waals surface area contributed by atoms with Gasteiger partial charge in [0.05, 0.1) is 0 Å². The Bertz CT molecular complexity index is 914. The van der Waals surface area contributed by atoms with E-state index in [-0.39, 0.29) is 24.3 Å². The Balaban J connectivity index is 1.82. The molecule has 3 rings (SSSR count). The van der Waals surface area contributed by atoms with Gasteiger partial charge in [-0.25, -0.2) is 5.48 Å². The van der Waals surface area contributed by atoms with Crippen LogP contribution in [-0.2, 0) is 9.59 Å². The molecule has 2 aromatic carbocycles. The van der Waals surface area contributed by atoms with Crippen LogP contribution in [0, 0.1) is 0 Å². The molecule has 7 nitrogen and oxygen atoms in total. The third-order valence-electron chi connectivity index (χ3n) is 6.34. The SMILES string of the molecule is O=C(CCCCCN(C(=O)c1ccccc1)C(C(=O)NC1CCCCC1)c1ccccc1)NO. The van der Waals surface area contributed by atoms with Gasteiger partial charge in [0.15, 0.2) is 0 Å². The van der Waals surface area contributed by atoms with E-state index < -0.39 is 11.9 Å². The number of carbonyl (C=O) groups excluding carboxylic acids is 3. The van der Waals surface area contributed by atoms with Gasteiger partial charge in [-0.05, 0) is 43.4 Å². The second kappa shape index (κ2) is 13.5. The molecular formula is C27H35N3O4. The summed E-state index contributed by atoms with van der Waals surface area (Å²) in [6.45, 7) is 0.381. The lowest BCUT2D eigenvalue weighted by Gasteiger charge is -2.33. The maximum atomic E-state index is 13.6. The van der Waals surface area contributed by atoms with Gasteiger partial charge in [-0.3, -0.25) is 19.6 Å². The number of rotatable bonds is 11. The van der Waals surface area contributed by atoms with E-state index in [0.29, 0.717) is 31.4 Å². The average Bonchev–Trinajstić information content (AvgIpc) is 2.88. The van der Waals surface area contributed by atoms with Gasteiger partial charge in [-0.1, -0.05) is 74.2 Å². The molecule has 0 heterocycles. The van der Waals surface area contributed by atoms with E-state index in [1.165, 1.54) is 6.42 Å². The second-order valence-electron chi connectivity index (χ2n) is 8.87. The van der Waals surface area contributed by atoms with Crippen LogP contribution >= 0.6 is 0 Å². The van der Waals surface area contributed by atoms with Crippen LogP contribution in [0.2, 0.25) is 0 Å². The molecular weight excluding hydrogens is 430 g/mol. The number of hydrogen-bond donors (Lipinski definition) is 3. The zero-order valence-corrected chi connectivity index (χ0v) is 19.6. The molecule has 1 unspecified atom stereocenters. The van der Waals surface area contributed by atoms with Gasteiger partial charge in [0.25, 0.3) is 5.91 Å². The molecule has 1 atom stereocenters. The highest BCUT2D eigenvalue weighted by molar-refractivity contribution is 5.98. The van der Waals surface area contributed by atoms with E-state index in [1.54, 1.807) is 22.5 Å². The molecule has 182 valence electrons. The van der Waals surface area contributed by atoms with Crippen LogP contribution in [0.3, 0.4) is 0 Å². The fourth-order valence-electron chi connectivity index (χ4n) is 4.53. The van der Waals surface area contributed by atoms with Crippen LogP contribution in [0.15, 0.2) is 60.7 Å². The molecule has 3 N–H and O–H groups in total. The molecule has 0 aliphatic heterocycles. The van der Waals surface area contributed by atoms with E-state index in [4.69, 9.17) is 5.21 Å². The van der Waals surface area contributed by atoms with Crippen molar-refractivity contribution in [1.82, 2.24) is 15.7 Å². The minimum atomic E-state index is -0.739. The summed E-state index contributed by atoms with van der Waals surface area (Å²) >= 11 is 0. The Hall–Kier alpha value is -3.19. The van der Waals surface area contributed by atoms with Gasteiger partial charge in [-0.15, -0.1) is 0 Å². The molecule has 0 spiro atoms. The van der Waals surface area contributed by atoms with Crippen molar-refractivity contribution in [2.75, 3.05) is 6.54 Å². The highest BCUT2D eigenvalue weighted by atomic mass is 16.5. The smallest absolute Gasteiger partial charge is 0.254 e. The van der Waals surface area contributed by atoms with Crippen molar-refractivity contribution in [2.45, 2.75) is 69.9 Å². The number of hydroxylamine groups is 1. The van der Waals surface area contributed by atoms with Crippen molar-refractivity contribution in [2.24, 2.45) is 0 Å². The third-order valence-corrected chi connectivity index (χ3v) is 6.34. The van der Waals surface area contributed by atoms with Crippen molar-refractivity contribution in [1.29, 1.82) is 0 Å². The summed E-state index contributed by atoms with van der Waals surface area (Å²) in [5.41, 5.74) is 2.95. The van der Waals surface area contributed by atoms with Gasteiger partial charge in [0, 0.05) is 24.6 Å². The number of hydrogen-bond acceptors (Lipinski definition) is 4. The van der Waals surface area contributed by atoms with Gasteiger partial charge < -0.3 is 10.2 Å². The zero-order valence-electron chi connectivity index (χ0n) is 19.6. The van der Waals surface area contributed by atoms with Crippen molar-refractivity contribution < 1.29 is 19.6 Å². The molecule has 0 aromatic heterocycles. The van der Waals surface area contributed by atoms with Crippen LogP contribution < -0.4 is 10.8 Å². The predicted molar refractivity (Wildman–Crippen MR) is 130 cm³/mol. The van der Waals surface area contributed by atoms with Crippen molar-refractivity contribution in [3.05, 3.63) is 71.8 Å². The van der Waals surface area contributed by atoms with Gasteiger partial charge in [0.2, 0.25) is 11.8 Å². The summed E-state index contributed by atoms with van der Waals surface area (Å²) in [4.78, 5) is 40.2. The lowest BCUT2D eigenvalue weighted by atomic mass is 9.94. The quantitative estimate of drug-likeness (QED) is 0.260. The zero-order chi connectivity index (χ0) is 24.2. The summed E-state index contributed by atoms with van der Waals surface area (Å²) in [5.74, 6) is -0.769. The second-order valence-corrected chi connectivity index (χ2v) is 8.87. The number of carbonyl (C=O) groups is 3. The molecule has 1 aliphatic rings. The Morgan fingerprint density at radius 3 is 2.18 bits per heavy atom. The van der Waals surface area contributed by atoms with Crippen LogP contribution in [0.1, 0.15) is 79.8 Å². The first-order chi connectivity index (χ1) is 16.6. The summed E-state index contributed by atoms with van der Waals surface area (Å²) in [5, 5.41) is 11.9. The van der Waals surface area contributed by atoms with Crippen LogP contribution in [0.25, 0.3) is 0 Å². The first kappa shape index (κ1) is 25.4. The highest BCUT2D eigenvalue weighted by Crippen LogP contribution is 2.26. The highest BCUT2D eigenvalue weighted by Gasteiger charge is 2.33. The predicted octanol–water partition coefficient (Wildman–Crippen LogP) is 4.38. The topological polar surface area (TPSA) is 98.7 Å². The van der Waals surface area contributed by atoms with E-state index in [2.05, 4.69) is 5.32 Å². The minimum absolute atomic E-state index is 0.137. The number of unbranched alkanes of at least 4 members (excludes halogenated alkanes) is 2. The summed E-state index contributed by atoms with van der Waals surface area (Å²) in [6.07, 6.45) is 7.47. The standard InChI is InChI=1S/C27H35N3O4/c31-24(29-34)19-11-4-12-20-30(27(33)22-15-7-2-8-16-22)25(21-13-5-1-6-14-21)26(32)28-23-17-9-3-10-18-23/h1-2,5-8,13-16,23,25,34H,3-4,9-12,17-20H2,(H,28,32)(H,29,31). The van der Waals surface area contributed by atoms with Gasteiger partial charge in [-0.2, -0.15) is 0 Å². The third kappa shape index (κ3) is 7.42. The molecule has 3 amide bonds. The van der Waals surface area contributed by atoms with Crippen LogP contribution in [-0.4, -0.2) is 40.4 Å². The molecule has 0 bridgehead atoms. The Labute approximate surface area is 201 Å². The summed E-state index contributed by atoms with van der Waals surface area (Å²) < 4.78 is 0. The van der Waals surface area contributed by atoms with E-state index >= 15 is 0 Å². The molecule has 2 aromatic rings. The summed E-state index contributed by atoms with van der Waals surface area (Å²) in [6, 6.07) is 17.9. The van der Waals surface area contributed by atoms with Crippen LogP contribution in [0.5, 0.6) is 0 Å². The fourth-order valence-corrected chi connectivity index (χ4v) is 4.53. The molecule has 1 aliphatic carbocycles. The normalized spacial score (nSPS) is 14.7. The average molecular weight is 466 g/mol. The van der Waals surface area contributed by atoms with Gasteiger partial charge >= 0.3 is 0 Å². The Kier molecular flexibility index (Phi) is 10.1. The minimum Gasteiger partial charge on any atom is -0.351 e. The lowest BCUT2D eigenvalue weighted by Crippen LogP contribution is -2.47. The van der Waals surface area contributed by atoms with Gasteiger partial charge in [0.1, 0.15) is 6.04 Å². The molecule has 0 radical (unpaired) electrons. The molecule has 0 saturated heterocycles. The summed E-state index contributed by atoms with van der Waals surface area (Å²) in [7, 11) is 0. The molecule has 7 heteroatoms. The largest absolute Gasteiger partial charge is 0.351 e. The van der Waals surface area contributed by atoms with Crippen molar-refractivity contribution in [3.63, 3.8) is 0 Å². The molecule has 34 heavy (non-hydrogen) atoms. The number of nitrogens with one attached hydrogen (secondary N) is 2. The van der Waals surface area contributed by atoms with Crippen LogP contribution in [0.4, 0.5) is 0 Å². The van der Waals surface area contributed by atoms with Crippen molar-refractivity contribution in [3.8, 4) is 0 Å². The van der Waals surface area contributed by atoms with E-state index in [9.17, 15) is 14.4 Å². The Morgan fingerprint density at radius 2 is 1.53 bits per heavy atom. The first-order valence-electron chi connectivity index (χ1n) is 12.2.